The fraction of sp³-hybridized carbons (Fsp3) is 0.0455. The molecule has 0 saturated carbocycles. The molecule has 2 N–H and O–H groups in total. The summed E-state index contributed by atoms with van der Waals surface area (Å²) in [6, 6.07) is 19.7. The van der Waals surface area contributed by atoms with Crippen molar-refractivity contribution in [2.24, 2.45) is 0 Å². The molecule has 4 aromatic rings. The van der Waals surface area contributed by atoms with Gasteiger partial charge in [-0.05, 0) is 35.7 Å². The first kappa shape index (κ1) is 19.4. The minimum Gasteiger partial charge on any atom is -0.455 e. The molecule has 0 saturated heterocycles. The van der Waals surface area contributed by atoms with Crippen molar-refractivity contribution in [1.82, 2.24) is 9.55 Å². The van der Waals surface area contributed by atoms with E-state index in [0.717, 1.165) is 15.6 Å². The van der Waals surface area contributed by atoms with Crippen LogP contribution in [-0.2, 0) is 6.54 Å². The van der Waals surface area contributed by atoms with E-state index < -0.39 is 17.2 Å². The summed E-state index contributed by atoms with van der Waals surface area (Å²) in [5.41, 5.74) is -0.994. The van der Waals surface area contributed by atoms with E-state index in [-0.39, 0.29) is 12.1 Å². The molecule has 0 unspecified atom stereocenters. The topological polar surface area (TPSA) is 93.2 Å². The van der Waals surface area contributed by atoms with Gasteiger partial charge < -0.3 is 15.0 Å². The van der Waals surface area contributed by atoms with Gasteiger partial charge in [-0.3, -0.25) is 14.2 Å². The van der Waals surface area contributed by atoms with Gasteiger partial charge in [-0.2, -0.15) is 0 Å². The molecule has 7 nitrogen and oxygen atoms in total. The minimum absolute atomic E-state index is 0.0979. The van der Waals surface area contributed by atoms with E-state index in [1.165, 1.54) is 11.3 Å². The van der Waals surface area contributed by atoms with Gasteiger partial charge in [-0.25, -0.2) is 4.79 Å². The van der Waals surface area contributed by atoms with Gasteiger partial charge >= 0.3 is 5.69 Å². The van der Waals surface area contributed by atoms with Crippen LogP contribution in [0.15, 0.2) is 87.9 Å². The van der Waals surface area contributed by atoms with Gasteiger partial charge in [0.15, 0.2) is 5.75 Å². The second-order valence-corrected chi connectivity index (χ2v) is 7.38. The average Bonchev–Trinajstić information content (AvgIpc) is 3.26. The third-order valence-corrected chi connectivity index (χ3v) is 5.17. The summed E-state index contributed by atoms with van der Waals surface area (Å²) in [6.07, 6.45) is 1.13. The van der Waals surface area contributed by atoms with Gasteiger partial charge in [0.05, 0.1) is 12.2 Å². The molecule has 30 heavy (non-hydrogen) atoms. The molecule has 2 aromatic heterocycles. The maximum absolute atomic E-state index is 12.8. The van der Waals surface area contributed by atoms with Crippen molar-refractivity contribution in [2.45, 2.75) is 6.54 Å². The third kappa shape index (κ3) is 4.23. The zero-order valence-electron chi connectivity index (χ0n) is 15.7. The van der Waals surface area contributed by atoms with Crippen molar-refractivity contribution >= 4 is 22.9 Å². The van der Waals surface area contributed by atoms with E-state index in [4.69, 9.17) is 4.74 Å². The predicted molar refractivity (Wildman–Crippen MR) is 116 cm³/mol. The zero-order chi connectivity index (χ0) is 20.9. The highest BCUT2D eigenvalue weighted by molar-refractivity contribution is 7.09. The molecule has 0 bridgehead atoms. The summed E-state index contributed by atoms with van der Waals surface area (Å²) in [4.78, 5) is 41.0. The van der Waals surface area contributed by atoms with Crippen LogP contribution in [0.5, 0.6) is 11.5 Å². The number of hydrogen-bond acceptors (Lipinski definition) is 5. The molecule has 2 heterocycles. The Hall–Kier alpha value is -3.91. The Balaban J connectivity index is 1.61. The Morgan fingerprint density at radius 1 is 1.00 bits per heavy atom. The van der Waals surface area contributed by atoms with Gasteiger partial charge in [0.25, 0.3) is 11.5 Å². The molecule has 2 aromatic carbocycles. The van der Waals surface area contributed by atoms with Crippen molar-refractivity contribution in [3.8, 4) is 11.5 Å². The van der Waals surface area contributed by atoms with Crippen LogP contribution >= 0.6 is 11.3 Å². The van der Waals surface area contributed by atoms with E-state index in [9.17, 15) is 14.4 Å². The van der Waals surface area contributed by atoms with Crippen molar-refractivity contribution in [3.63, 3.8) is 0 Å². The third-order valence-electron chi connectivity index (χ3n) is 4.31. The van der Waals surface area contributed by atoms with Crippen LogP contribution in [0.2, 0.25) is 0 Å². The molecule has 0 spiro atoms. The van der Waals surface area contributed by atoms with E-state index in [0.29, 0.717) is 17.2 Å². The Labute approximate surface area is 175 Å². The summed E-state index contributed by atoms with van der Waals surface area (Å²) in [6.45, 7) is 0.0979. The van der Waals surface area contributed by atoms with Gasteiger partial charge in [0.1, 0.15) is 11.3 Å². The summed E-state index contributed by atoms with van der Waals surface area (Å²) in [5, 5.41) is 4.55. The highest BCUT2D eigenvalue weighted by Crippen LogP contribution is 2.29. The fourth-order valence-corrected chi connectivity index (χ4v) is 3.53. The Morgan fingerprint density at radius 3 is 2.53 bits per heavy atom. The Morgan fingerprint density at radius 2 is 1.77 bits per heavy atom. The number of carbonyl (C=O) groups is 1. The highest BCUT2D eigenvalue weighted by Gasteiger charge is 2.17. The number of H-pyrrole nitrogens is 1. The quantitative estimate of drug-likeness (QED) is 0.498. The molecule has 8 heteroatoms. The first-order valence-corrected chi connectivity index (χ1v) is 9.98. The first-order valence-electron chi connectivity index (χ1n) is 9.10. The van der Waals surface area contributed by atoms with Crippen molar-refractivity contribution < 1.29 is 9.53 Å². The number of benzene rings is 2. The molecule has 0 fully saturated rings. The van der Waals surface area contributed by atoms with Gasteiger partial charge in [-0.15, -0.1) is 11.3 Å². The van der Waals surface area contributed by atoms with Crippen LogP contribution in [0, 0.1) is 0 Å². The number of aromatic amines is 1. The lowest BCUT2D eigenvalue weighted by atomic mass is 10.2. The minimum atomic E-state index is -0.661. The number of thiophene rings is 1. The van der Waals surface area contributed by atoms with Crippen molar-refractivity contribution in [1.29, 1.82) is 0 Å². The van der Waals surface area contributed by atoms with Crippen molar-refractivity contribution in [3.05, 3.63) is 110 Å². The number of anilines is 1. The second kappa shape index (κ2) is 8.62. The lowest BCUT2D eigenvalue weighted by Crippen LogP contribution is -2.39. The number of hydrogen-bond donors (Lipinski definition) is 2. The van der Waals surface area contributed by atoms with Gasteiger partial charge in [0, 0.05) is 11.1 Å². The smallest absolute Gasteiger partial charge is 0.328 e. The molecule has 0 aliphatic rings. The van der Waals surface area contributed by atoms with E-state index >= 15 is 0 Å². The number of carbonyl (C=O) groups excluding carboxylic acids is 1. The average molecular weight is 419 g/mol. The molecule has 4 rings (SSSR count). The standard InChI is InChI=1S/C22H17N3O4S/c26-20(17-13-23-22(28)25(21(17)27)14-16-9-6-12-30-16)24-18-10-4-5-11-19(18)29-15-7-2-1-3-8-15/h1-13H,14H2,(H,23,28)(H,24,26). The van der Waals surface area contributed by atoms with Crippen LogP contribution in [-0.4, -0.2) is 15.5 Å². The highest BCUT2D eigenvalue weighted by atomic mass is 32.1. The normalized spacial score (nSPS) is 10.5. The Kier molecular flexibility index (Phi) is 5.58. The number of nitrogens with one attached hydrogen (secondary N) is 2. The monoisotopic (exact) mass is 419 g/mol. The number of para-hydroxylation sites is 3. The number of nitrogens with zero attached hydrogens (tertiary/aromatic N) is 1. The second-order valence-electron chi connectivity index (χ2n) is 6.34. The zero-order valence-corrected chi connectivity index (χ0v) is 16.5. The molecule has 1 amide bonds. The number of amides is 1. The van der Waals surface area contributed by atoms with Gasteiger partial charge in [0.2, 0.25) is 0 Å². The summed E-state index contributed by atoms with van der Waals surface area (Å²) >= 11 is 1.43. The van der Waals surface area contributed by atoms with E-state index in [2.05, 4.69) is 10.3 Å². The van der Waals surface area contributed by atoms with E-state index in [1.807, 2.05) is 35.7 Å². The van der Waals surface area contributed by atoms with Crippen LogP contribution < -0.4 is 21.3 Å². The number of ether oxygens (including phenoxy) is 1. The molecule has 0 radical (unpaired) electrons. The predicted octanol–water partition coefficient (Wildman–Crippen LogP) is 3.69. The lowest BCUT2D eigenvalue weighted by Gasteiger charge is -2.12. The molecule has 0 aliphatic heterocycles. The largest absolute Gasteiger partial charge is 0.455 e. The van der Waals surface area contributed by atoms with Crippen LogP contribution in [0.4, 0.5) is 5.69 Å². The van der Waals surface area contributed by atoms with Crippen molar-refractivity contribution in [2.75, 3.05) is 5.32 Å². The molecule has 0 aliphatic carbocycles. The lowest BCUT2D eigenvalue weighted by molar-refractivity contribution is 0.102. The van der Waals surface area contributed by atoms with E-state index in [1.54, 1.807) is 36.4 Å². The maximum Gasteiger partial charge on any atom is 0.328 e. The summed E-state index contributed by atoms with van der Waals surface area (Å²) in [7, 11) is 0. The van der Waals surface area contributed by atoms with Crippen LogP contribution in [0.3, 0.4) is 0 Å². The fourth-order valence-electron chi connectivity index (χ4n) is 2.84. The number of aromatic nitrogens is 2. The molecular formula is C22H17N3O4S. The summed E-state index contributed by atoms with van der Waals surface area (Å²) < 4.78 is 6.84. The van der Waals surface area contributed by atoms with Crippen LogP contribution in [0.25, 0.3) is 0 Å². The SMILES string of the molecule is O=C(Nc1ccccc1Oc1ccccc1)c1c[nH]c(=O)n(Cc2cccs2)c1=O. The summed E-state index contributed by atoms with van der Waals surface area (Å²) in [5.74, 6) is 0.405. The molecule has 150 valence electrons. The maximum atomic E-state index is 12.8. The molecular weight excluding hydrogens is 402 g/mol. The molecule has 0 atom stereocenters. The first-order chi connectivity index (χ1) is 14.6. The Bertz CT molecular complexity index is 1280. The van der Waals surface area contributed by atoms with Gasteiger partial charge in [-0.1, -0.05) is 36.4 Å². The number of rotatable bonds is 6. The van der Waals surface area contributed by atoms with Crippen LogP contribution in [0.1, 0.15) is 15.2 Å².